The van der Waals surface area contributed by atoms with E-state index >= 15 is 0 Å². The van der Waals surface area contributed by atoms with Crippen LogP contribution in [0, 0.1) is 12.8 Å². The summed E-state index contributed by atoms with van der Waals surface area (Å²) in [5.74, 6) is -0.235. The molecule has 188 valence electrons. The number of thiocarbonyl (C=S) groups is 1. The van der Waals surface area contributed by atoms with Gasteiger partial charge in [0.15, 0.2) is 5.11 Å². The lowest BCUT2D eigenvalue weighted by Gasteiger charge is -2.29. The van der Waals surface area contributed by atoms with E-state index in [1.165, 1.54) is 5.56 Å². The standard InChI is InChI=1S/C29H28ClN5OS/c1-18(2)28(36)32-23-13-12-21(17-22(23)30)35-27(26(33-29(35)37)24-10-4-5-14-31-24)25-11-7-15-34(25)20-9-6-8-19(3)16-20/h4-18,26-27H,1-3H3,(H,32,36)(H,33,37)/t26-,27-/m1/s1. The minimum atomic E-state index is -0.204. The van der Waals surface area contributed by atoms with Crippen molar-refractivity contribution in [3.8, 4) is 5.69 Å². The number of hydrogen-bond donors (Lipinski definition) is 2. The molecule has 0 spiro atoms. The summed E-state index contributed by atoms with van der Waals surface area (Å²) in [7, 11) is 0. The second-order valence-electron chi connectivity index (χ2n) is 9.45. The third-order valence-electron chi connectivity index (χ3n) is 6.47. The van der Waals surface area contributed by atoms with Crippen LogP contribution in [0.25, 0.3) is 5.69 Å². The number of carbonyl (C=O) groups is 1. The van der Waals surface area contributed by atoms with Gasteiger partial charge in [-0.2, -0.15) is 0 Å². The summed E-state index contributed by atoms with van der Waals surface area (Å²) in [6, 6.07) is 23.7. The first-order valence-electron chi connectivity index (χ1n) is 12.2. The Morgan fingerprint density at radius 2 is 1.89 bits per heavy atom. The molecule has 2 aromatic carbocycles. The molecule has 1 aliphatic rings. The highest BCUT2D eigenvalue weighted by Gasteiger charge is 2.42. The molecule has 1 fully saturated rings. The summed E-state index contributed by atoms with van der Waals surface area (Å²) in [4.78, 5) is 19.0. The van der Waals surface area contributed by atoms with Gasteiger partial charge in [-0.05, 0) is 79.3 Å². The molecule has 0 aliphatic carbocycles. The van der Waals surface area contributed by atoms with Crippen LogP contribution < -0.4 is 15.5 Å². The molecule has 1 amide bonds. The minimum absolute atomic E-state index is 0.0860. The largest absolute Gasteiger partial charge is 0.351 e. The SMILES string of the molecule is Cc1cccc(-n2cccc2[C@@H]2[C@@H](c3ccccn3)NC(=S)N2c2ccc(NC(=O)C(C)C)c(Cl)c2)c1. The Hall–Kier alpha value is -3.68. The van der Waals surface area contributed by atoms with Crippen LogP contribution in [0.15, 0.2) is 85.2 Å². The summed E-state index contributed by atoms with van der Waals surface area (Å²) >= 11 is 12.5. The number of nitrogens with zero attached hydrogens (tertiary/aromatic N) is 3. The van der Waals surface area contributed by atoms with Crippen LogP contribution in [0.1, 0.15) is 42.9 Å². The lowest BCUT2D eigenvalue weighted by Crippen LogP contribution is -2.30. The topological polar surface area (TPSA) is 62.2 Å². The van der Waals surface area contributed by atoms with Gasteiger partial charge in [0.25, 0.3) is 0 Å². The number of amides is 1. The van der Waals surface area contributed by atoms with Crippen molar-refractivity contribution in [2.75, 3.05) is 10.2 Å². The number of halogens is 1. The van der Waals surface area contributed by atoms with Gasteiger partial charge in [-0.1, -0.05) is 43.6 Å². The minimum Gasteiger partial charge on any atom is -0.351 e. The van der Waals surface area contributed by atoms with Gasteiger partial charge >= 0.3 is 0 Å². The number of aryl methyl sites for hydroxylation is 1. The van der Waals surface area contributed by atoms with E-state index in [0.717, 1.165) is 22.8 Å². The van der Waals surface area contributed by atoms with E-state index in [0.29, 0.717) is 15.8 Å². The average Bonchev–Trinajstić information content (AvgIpc) is 3.50. The molecule has 0 saturated carbocycles. The number of benzene rings is 2. The molecule has 0 radical (unpaired) electrons. The van der Waals surface area contributed by atoms with Crippen LogP contribution in [0.4, 0.5) is 11.4 Å². The Morgan fingerprint density at radius 3 is 2.59 bits per heavy atom. The lowest BCUT2D eigenvalue weighted by atomic mass is 10.0. The number of aromatic nitrogens is 2. The number of pyridine rings is 1. The van der Waals surface area contributed by atoms with Crippen LogP contribution in [0.3, 0.4) is 0 Å². The maximum Gasteiger partial charge on any atom is 0.226 e. The molecule has 3 heterocycles. The van der Waals surface area contributed by atoms with E-state index in [-0.39, 0.29) is 23.9 Å². The van der Waals surface area contributed by atoms with Crippen LogP contribution in [0.5, 0.6) is 0 Å². The number of anilines is 2. The molecule has 2 atom stereocenters. The van der Waals surface area contributed by atoms with Gasteiger partial charge < -0.3 is 20.1 Å². The predicted molar refractivity (Wildman–Crippen MR) is 153 cm³/mol. The Morgan fingerprint density at radius 1 is 1.05 bits per heavy atom. The molecule has 5 rings (SSSR count). The van der Waals surface area contributed by atoms with Crippen molar-refractivity contribution < 1.29 is 4.79 Å². The van der Waals surface area contributed by atoms with Gasteiger partial charge in [-0.15, -0.1) is 0 Å². The van der Waals surface area contributed by atoms with Crippen molar-refractivity contribution in [3.63, 3.8) is 0 Å². The summed E-state index contributed by atoms with van der Waals surface area (Å²) in [6.45, 7) is 5.78. The zero-order valence-corrected chi connectivity index (χ0v) is 22.4. The fraction of sp³-hybridized carbons (Fsp3) is 0.207. The first-order chi connectivity index (χ1) is 17.8. The van der Waals surface area contributed by atoms with Gasteiger partial charge in [-0.25, -0.2) is 0 Å². The smallest absolute Gasteiger partial charge is 0.226 e. The molecule has 2 aromatic heterocycles. The molecule has 37 heavy (non-hydrogen) atoms. The summed E-state index contributed by atoms with van der Waals surface area (Å²) < 4.78 is 2.19. The van der Waals surface area contributed by atoms with E-state index in [9.17, 15) is 4.79 Å². The van der Waals surface area contributed by atoms with Crippen molar-refractivity contribution in [2.24, 2.45) is 5.92 Å². The van der Waals surface area contributed by atoms with Crippen LogP contribution in [0.2, 0.25) is 5.02 Å². The normalized spacial score (nSPS) is 17.2. The molecule has 1 aliphatic heterocycles. The van der Waals surface area contributed by atoms with E-state index < -0.39 is 0 Å². The van der Waals surface area contributed by atoms with Gasteiger partial charge in [0.05, 0.1) is 22.4 Å². The second-order valence-corrected chi connectivity index (χ2v) is 10.2. The predicted octanol–water partition coefficient (Wildman–Crippen LogP) is 6.61. The number of hydrogen-bond acceptors (Lipinski definition) is 3. The van der Waals surface area contributed by atoms with Crippen molar-refractivity contribution >= 4 is 46.2 Å². The van der Waals surface area contributed by atoms with Crippen molar-refractivity contribution in [1.82, 2.24) is 14.9 Å². The third-order valence-corrected chi connectivity index (χ3v) is 7.10. The zero-order chi connectivity index (χ0) is 26.1. The van der Waals surface area contributed by atoms with E-state index in [1.807, 2.05) is 56.3 Å². The molecule has 0 bridgehead atoms. The van der Waals surface area contributed by atoms with Crippen LogP contribution in [-0.2, 0) is 4.79 Å². The fourth-order valence-electron chi connectivity index (χ4n) is 4.61. The van der Waals surface area contributed by atoms with Gasteiger partial charge in [0, 0.05) is 35.4 Å². The molecule has 8 heteroatoms. The monoisotopic (exact) mass is 529 g/mol. The first-order valence-corrected chi connectivity index (χ1v) is 13.0. The lowest BCUT2D eigenvalue weighted by molar-refractivity contribution is -0.118. The highest BCUT2D eigenvalue weighted by molar-refractivity contribution is 7.80. The Kier molecular flexibility index (Phi) is 7.00. The molecule has 6 nitrogen and oxygen atoms in total. The maximum atomic E-state index is 12.2. The molecular formula is C29H28ClN5OS. The molecule has 2 N–H and O–H groups in total. The van der Waals surface area contributed by atoms with E-state index in [1.54, 1.807) is 6.20 Å². The number of rotatable bonds is 6. The first kappa shape index (κ1) is 25.0. The van der Waals surface area contributed by atoms with Crippen LogP contribution >= 0.6 is 23.8 Å². The Balaban J connectivity index is 1.60. The average molecular weight is 530 g/mol. The van der Waals surface area contributed by atoms with E-state index in [4.69, 9.17) is 23.8 Å². The van der Waals surface area contributed by atoms with Gasteiger partial charge in [-0.3, -0.25) is 9.78 Å². The summed E-state index contributed by atoms with van der Waals surface area (Å²) in [5, 5.41) is 7.42. The van der Waals surface area contributed by atoms with Gasteiger partial charge in [0.2, 0.25) is 5.91 Å². The highest BCUT2D eigenvalue weighted by atomic mass is 35.5. The third kappa shape index (κ3) is 4.97. The Labute approximate surface area is 227 Å². The maximum absolute atomic E-state index is 12.2. The molecule has 4 aromatic rings. The Bertz CT molecular complexity index is 1450. The van der Waals surface area contributed by atoms with Crippen molar-refractivity contribution in [3.05, 3.63) is 107 Å². The van der Waals surface area contributed by atoms with Crippen molar-refractivity contribution in [1.29, 1.82) is 0 Å². The quantitative estimate of drug-likeness (QED) is 0.275. The van der Waals surface area contributed by atoms with Crippen LogP contribution in [-0.4, -0.2) is 20.6 Å². The molecular weight excluding hydrogens is 502 g/mol. The van der Waals surface area contributed by atoms with E-state index in [2.05, 4.69) is 68.5 Å². The van der Waals surface area contributed by atoms with Crippen molar-refractivity contribution in [2.45, 2.75) is 32.9 Å². The summed E-state index contributed by atoms with van der Waals surface area (Å²) in [5.41, 5.74) is 5.60. The number of nitrogens with one attached hydrogen (secondary N) is 2. The fourth-order valence-corrected chi connectivity index (χ4v) is 5.18. The van der Waals surface area contributed by atoms with Gasteiger partial charge in [0.1, 0.15) is 6.04 Å². The number of carbonyl (C=O) groups excluding carboxylic acids is 1. The molecule has 1 saturated heterocycles. The zero-order valence-electron chi connectivity index (χ0n) is 20.9. The highest BCUT2D eigenvalue weighted by Crippen LogP contribution is 2.43. The summed E-state index contributed by atoms with van der Waals surface area (Å²) in [6.07, 6.45) is 3.86. The molecule has 0 unspecified atom stereocenters. The second kappa shape index (κ2) is 10.4.